The molecule has 188 valence electrons. The second-order valence-corrected chi connectivity index (χ2v) is 9.84. The summed E-state index contributed by atoms with van der Waals surface area (Å²) in [6.07, 6.45) is 5.24. The number of nitrogens with zero attached hydrogens (tertiary/aromatic N) is 6. The molecule has 1 saturated heterocycles. The molecule has 0 atom stereocenters. The number of hydrogen-bond acceptors (Lipinski definition) is 7. The molecule has 0 aromatic carbocycles. The van der Waals surface area contributed by atoms with Gasteiger partial charge >= 0.3 is 0 Å². The zero-order valence-corrected chi connectivity index (χ0v) is 21.1. The van der Waals surface area contributed by atoms with Gasteiger partial charge in [0.25, 0.3) is 0 Å². The first-order valence-electron chi connectivity index (χ1n) is 12.5. The van der Waals surface area contributed by atoms with Gasteiger partial charge in [-0.1, -0.05) is 13.8 Å². The number of carbonyl (C=O) groups excluding carboxylic acids is 1. The summed E-state index contributed by atoms with van der Waals surface area (Å²) in [4.78, 5) is 34.2. The standard InChI is InChI=1S/C27H29N9O/c1-16(2)27(37)30-18-12-17(14-28-15-18)20-4-5-21-24(31-20)25(34-33-21)22-13-19-23(6-7-29-26(19)32-22)36-10-8-35(3)9-11-36/h4-7,12-16H,8-11H2,1-3H3,(H,29,32)(H,30,37)(H,33,34). The van der Waals surface area contributed by atoms with Crippen molar-refractivity contribution in [2.45, 2.75) is 13.8 Å². The van der Waals surface area contributed by atoms with E-state index in [0.29, 0.717) is 5.69 Å². The Morgan fingerprint density at radius 2 is 1.92 bits per heavy atom. The minimum atomic E-state index is -0.116. The average Bonchev–Trinajstić information content (AvgIpc) is 3.53. The number of fused-ring (bicyclic) bond motifs is 2. The van der Waals surface area contributed by atoms with Gasteiger partial charge in [-0.2, -0.15) is 5.10 Å². The lowest BCUT2D eigenvalue weighted by Crippen LogP contribution is -2.44. The predicted octanol–water partition coefficient (Wildman–Crippen LogP) is 3.91. The van der Waals surface area contributed by atoms with Gasteiger partial charge < -0.3 is 20.1 Å². The Morgan fingerprint density at radius 1 is 1.08 bits per heavy atom. The molecule has 0 aliphatic carbocycles. The zero-order chi connectivity index (χ0) is 25.5. The number of pyridine rings is 3. The third kappa shape index (κ3) is 4.40. The van der Waals surface area contributed by atoms with E-state index in [4.69, 9.17) is 4.98 Å². The Bertz CT molecular complexity index is 1590. The molecular weight excluding hydrogens is 466 g/mol. The molecule has 1 aliphatic heterocycles. The van der Waals surface area contributed by atoms with Gasteiger partial charge in [-0.05, 0) is 37.4 Å². The Balaban J connectivity index is 1.36. The maximum atomic E-state index is 12.1. The smallest absolute Gasteiger partial charge is 0.226 e. The molecular formula is C27H29N9O. The van der Waals surface area contributed by atoms with E-state index in [0.717, 1.165) is 70.9 Å². The average molecular weight is 496 g/mol. The molecule has 5 aromatic heterocycles. The molecule has 37 heavy (non-hydrogen) atoms. The van der Waals surface area contributed by atoms with Crippen molar-refractivity contribution in [2.24, 2.45) is 5.92 Å². The van der Waals surface area contributed by atoms with Gasteiger partial charge in [-0.15, -0.1) is 0 Å². The van der Waals surface area contributed by atoms with E-state index in [1.807, 2.05) is 38.2 Å². The minimum Gasteiger partial charge on any atom is -0.368 e. The summed E-state index contributed by atoms with van der Waals surface area (Å²) in [6, 6.07) is 9.97. The SMILES string of the molecule is CC(C)C(=O)Nc1cncc(-c2ccc3[nH]nc(-c4cc5c(N6CCN(C)CC6)ccnc5[nH]4)c3n2)c1. The number of piperazine rings is 1. The van der Waals surface area contributed by atoms with Gasteiger partial charge in [0.15, 0.2) is 0 Å². The summed E-state index contributed by atoms with van der Waals surface area (Å²) in [5.74, 6) is -0.169. The lowest BCUT2D eigenvalue weighted by Gasteiger charge is -2.34. The number of hydrogen-bond donors (Lipinski definition) is 3. The molecule has 6 rings (SSSR count). The van der Waals surface area contributed by atoms with Crippen molar-refractivity contribution < 1.29 is 4.79 Å². The second-order valence-electron chi connectivity index (χ2n) is 9.84. The van der Waals surface area contributed by atoms with Crippen LogP contribution in [0.5, 0.6) is 0 Å². The molecule has 6 heterocycles. The lowest BCUT2D eigenvalue weighted by atomic mass is 10.1. The number of carbonyl (C=O) groups is 1. The molecule has 10 heteroatoms. The van der Waals surface area contributed by atoms with Gasteiger partial charge in [0.05, 0.1) is 28.8 Å². The van der Waals surface area contributed by atoms with Crippen molar-refractivity contribution in [1.29, 1.82) is 0 Å². The summed E-state index contributed by atoms with van der Waals surface area (Å²) in [7, 11) is 2.16. The fourth-order valence-corrected chi connectivity index (χ4v) is 4.65. The van der Waals surface area contributed by atoms with Crippen LogP contribution in [0, 0.1) is 5.92 Å². The molecule has 1 amide bonds. The highest BCUT2D eigenvalue weighted by atomic mass is 16.1. The minimum absolute atomic E-state index is 0.0529. The molecule has 0 saturated carbocycles. The summed E-state index contributed by atoms with van der Waals surface area (Å²) in [5.41, 5.74) is 7.39. The summed E-state index contributed by atoms with van der Waals surface area (Å²) >= 11 is 0. The Hall–Kier alpha value is -4.31. The van der Waals surface area contributed by atoms with Crippen LogP contribution in [0.1, 0.15) is 13.8 Å². The van der Waals surface area contributed by atoms with Crippen LogP contribution in [-0.2, 0) is 4.79 Å². The summed E-state index contributed by atoms with van der Waals surface area (Å²) in [5, 5.41) is 11.7. The van der Waals surface area contributed by atoms with E-state index in [-0.39, 0.29) is 11.8 Å². The first-order chi connectivity index (χ1) is 18.0. The third-order valence-corrected chi connectivity index (χ3v) is 6.84. The van der Waals surface area contributed by atoms with E-state index in [2.05, 4.69) is 59.4 Å². The molecule has 1 aliphatic rings. The van der Waals surface area contributed by atoms with E-state index in [1.165, 1.54) is 5.69 Å². The van der Waals surface area contributed by atoms with Crippen LogP contribution < -0.4 is 10.2 Å². The zero-order valence-electron chi connectivity index (χ0n) is 21.1. The van der Waals surface area contributed by atoms with E-state index in [1.54, 1.807) is 12.4 Å². The Labute approximate surface area is 214 Å². The normalized spacial score (nSPS) is 14.6. The van der Waals surface area contributed by atoms with Crippen molar-refractivity contribution in [1.82, 2.24) is 35.0 Å². The van der Waals surface area contributed by atoms with Gasteiger partial charge in [-0.25, -0.2) is 9.97 Å². The third-order valence-electron chi connectivity index (χ3n) is 6.84. The monoisotopic (exact) mass is 495 g/mol. The molecule has 0 unspecified atom stereocenters. The predicted molar refractivity (Wildman–Crippen MR) is 145 cm³/mol. The maximum Gasteiger partial charge on any atom is 0.226 e. The molecule has 0 bridgehead atoms. The van der Waals surface area contributed by atoms with Crippen LogP contribution in [0.3, 0.4) is 0 Å². The molecule has 0 spiro atoms. The van der Waals surface area contributed by atoms with Crippen LogP contribution in [0.4, 0.5) is 11.4 Å². The number of aromatic nitrogens is 6. The van der Waals surface area contributed by atoms with Gasteiger partial charge in [0, 0.05) is 61.1 Å². The van der Waals surface area contributed by atoms with Gasteiger partial charge in [0.1, 0.15) is 16.9 Å². The molecule has 10 nitrogen and oxygen atoms in total. The molecule has 1 fully saturated rings. The first kappa shape index (κ1) is 23.1. The van der Waals surface area contributed by atoms with Gasteiger partial charge in [0.2, 0.25) is 5.91 Å². The van der Waals surface area contributed by atoms with E-state index in [9.17, 15) is 4.79 Å². The summed E-state index contributed by atoms with van der Waals surface area (Å²) < 4.78 is 0. The maximum absolute atomic E-state index is 12.1. The number of likely N-dealkylation sites (N-methyl/N-ethyl adjacent to an activating group) is 1. The van der Waals surface area contributed by atoms with Crippen molar-refractivity contribution >= 4 is 39.3 Å². The summed E-state index contributed by atoms with van der Waals surface area (Å²) in [6.45, 7) is 7.75. The Kier molecular flexibility index (Phi) is 5.80. The number of aromatic amines is 2. The highest BCUT2D eigenvalue weighted by Gasteiger charge is 2.20. The van der Waals surface area contributed by atoms with Gasteiger partial charge in [-0.3, -0.25) is 14.9 Å². The van der Waals surface area contributed by atoms with Crippen LogP contribution >= 0.6 is 0 Å². The van der Waals surface area contributed by atoms with Crippen molar-refractivity contribution in [2.75, 3.05) is 43.4 Å². The topological polar surface area (TPSA) is 119 Å². The van der Waals surface area contributed by atoms with Crippen LogP contribution in [0.15, 0.2) is 48.9 Å². The molecule has 3 N–H and O–H groups in total. The number of anilines is 2. The van der Waals surface area contributed by atoms with Crippen LogP contribution in [-0.4, -0.2) is 74.2 Å². The number of nitrogens with one attached hydrogen (secondary N) is 3. The number of rotatable bonds is 5. The highest BCUT2D eigenvalue weighted by Crippen LogP contribution is 2.33. The first-order valence-corrected chi connectivity index (χ1v) is 12.5. The molecule has 5 aromatic rings. The number of amides is 1. The van der Waals surface area contributed by atoms with Crippen LogP contribution in [0.2, 0.25) is 0 Å². The highest BCUT2D eigenvalue weighted by molar-refractivity contribution is 5.98. The van der Waals surface area contributed by atoms with Crippen LogP contribution in [0.25, 0.3) is 44.7 Å². The Morgan fingerprint density at radius 3 is 2.73 bits per heavy atom. The van der Waals surface area contributed by atoms with Crippen molar-refractivity contribution in [3.63, 3.8) is 0 Å². The fourth-order valence-electron chi connectivity index (χ4n) is 4.65. The quantitative estimate of drug-likeness (QED) is 0.338. The second kappa shape index (κ2) is 9.29. The van der Waals surface area contributed by atoms with Crippen molar-refractivity contribution in [3.8, 4) is 22.6 Å². The fraction of sp³-hybridized carbons (Fsp3) is 0.296. The largest absolute Gasteiger partial charge is 0.368 e. The van der Waals surface area contributed by atoms with E-state index < -0.39 is 0 Å². The van der Waals surface area contributed by atoms with Crippen molar-refractivity contribution in [3.05, 3.63) is 48.9 Å². The molecule has 0 radical (unpaired) electrons. The number of H-pyrrole nitrogens is 2. The van der Waals surface area contributed by atoms with E-state index >= 15 is 0 Å². The lowest BCUT2D eigenvalue weighted by molar-refractivity contribution is -0.118.